The van der Waals surface area contributed by atoms with E-state index in [1.54, 1.807) is 22.7 Å². The molecule has 2 aromatic heterocycles. The molecule has 0 amide bonds. The molecule has 2 heterocycles. The molecule has 16 heavy (non-hydrogen) atoms. The number of fused-ring (bicyclic) bond motifs is 1. The van der Waals surface area contributed by atoms with Gasteiger partial charge in [0.25, 0.3) is 0 Å². The van der Waals surface area contributed by atoms with Crippen molar-refractivity contribution in [1.29, 1.82) is 0 Å². The van der Waals surface area contributed by atoms with Gasteiger partial charge in [0, 0.05) is 12.1 Å². The first-order valence-electron chi connectivity index (χ1n) is 5.25. The van der Waals surface area contributed by atoms with Crippen molar-refractivity contribution >= 4 is 11.6 Å². The Kier molecular flexibility index (Phi) is 1.77. The molecule has 1 N–H and O–H groups in total. The summed E-state index contributed by atoms with van der Waals surface area (Å²) < 4.78 is 1.79. The van der Waals surface area contributed by atoms with E-state index in [1.807, 2.05) is 0 Å². The topological polar surface area (TPSA) is 67.5 Å². The highest BCUT2D eigenvalue weighted by Gasteiger charge is 2.37. The van der Waals surface area contributed by atoms with Gasteiger partial charge in [-0.15, -0.1) is 10.2 Å². The number of aromatic nitrogens is 3. The Morgan fingerprint density at radius 1 is 1.50 bits per heavy atom. The summed E-state index contributed by atoms with van der Waals surface area (Å²) in [6.45, 7) is 2.16. The number of carboxylic acids is 1. The maximum Gasteiger partial charge on any atom is 0.337 e. The van der Waals surface area contributed by atoms with Gasteiger partial charge in [0.15, 0.2) is 5.65 Å². The highest BCUT2D eigenvalue weighted by Crippen LogP contribution is 2.45. The molecule has 0 bridgehead atoms. The first-order valence-corrected chi connectivity index (χ1v) is 5.25. The second-order valence-corrected chi connectivity index (χ2v) is 4.33. The summed E-state index contributed by atoms with van der Waals surface area (Å²) in [5.41, 5.74) is 0.973. The van der Waals surface area contributed by atoms with Gasteiger partial charge in [-0.2, -0.15) is 0 Å². The largest absolute Gasteiger partial charge is 0.478 e. The van der Waals surface area contributed by atoms with Gasteiger partial charge in [-0.05, 0) is 24.5 Å². The number of carboxylic acid groups (broad SMARTS) is 1. The van der Waals surface area contributed by atoms with Crippen LogP contribution in [0, 0.1) is 5.92 Å². The highest BCUT2D eigenvalue weighted by molar-refractivity contribution is 5.87. The van der Waals surface area contributed by atoms with Crippen LogP contribution in [0.25, 0.3) is 5.65 Å². The zero-order chi connectivity index (χ0) is 11.3. The number of hydrogen-bond donors (Lipinski definition) is 1. The fraction of sp³-hybridized carbons (Fsp3) is 0.364. The lowest BCUT2D eigenvalue weighted by atomic mass is 10.2. The number of aromatic carboxylic acids is 1. The minimum absolute atomic E-state index is 0.266. The van der Waals surface area contributed by atoms with Crippen LogP contribution < -0.4 is 0 Å². The zero-order valence-electron chi connectivity index (χ0n) is 8.79. The predicted octanol–water partition coefficient (Wildman–Crippen LogP) is 1.55. The summed E-state index contributed by atoms with van der Waals surface area (Å²) in [5, 5.41) is 17.1. The minimum atomic E-state index is -0.926. The van der Waals surface area contributed by atoms with E-state index in [9.17, 15) is 4.79 Å². The van der Waals surface area contributed by atoms with Crippen molar-refractivity contribution in [3.05, 3.63) is 29.7 Å². The van der Waals surface area contributed by atoms with Crippen LogP contribution in [0.3, 0.4) is 0 Å². The summed E-state index contributed by atoms with van der Waals surface area (Å²) in [6.07, 6.45) is 2.70. The van der Waals surface area contributed by atoms with Crippen molar-refractivity contribution < 1.29 is 9.90 Å². The second-order valence-electron chi connectivity index (χ2n) is 4.33. The number of rotatable bonds is 2. The Bertz CT molecular complexity index is 576. The molecule has 2 atom stereocenters. The van der Waals surface area contributed by atoms with E-state index in [0.717, 1.165) is 12.2 Å². The molecule has 0 aromatic carbocycles. The van der Waals surface area contributed by atoms with Gasteiger partial charge < -0.3 is 5.11 Å². The molecule has 2 unspecified atom stereocenters. The van der Waals surface area contributed by atoms with Gasteiger partial charge in [-0.1, -0.05) is 6.92 Å². The normalized spacial score (nSPS) is 23.6. The van der Waals surface area contributed by atoms with Crippen LogP contribution >= 0.6 is 0 Å². The van der Waals surface area contributed by atoms with Crippen LogP contribution in [0.5, 0.6) is 0 Å². The monoisotopic (exact) mass is 217 g/mol. The van der Waals surface area contributed by atoms with Crippen LogP contribution in [0.1, 0.15) is 35.4 Å². The Balaban J connectivity index is 2.16. The fourth-order valence-corrected chi connectivity index (χ4v) is 1.97. The number of carbonyl (C=O) groups is 1. The van der Waals surface area contributed by atoms with E-state index in [2.05, 4.69) is 17.1 Å². The highest BCUT2D eigenvalue weighted by atomic mass is 16.4. The van der Waals surface area contributed by atoms with Crippen molar-refractivity contribution in [3.8, 4) is 0 Å². The van der Waals surface area contributed by atoms with Crippen LogP contribution in [0.4, 0.5) is 0 Å². The molecule has 1 aliphatic rings. The van der Waals surface area contributed by atoms with E-state index in [4.69, 9.17) is 5.11 Å². The summed E-state index contributed by atoms with van der Waals surface area (Å²) in [4.78, 5) is 10.9. The number of nitrogens with zero attached hydrogens (tertiary/aromatic N) is 3. The average Bonchev–Trinajstić information content (AvgIpc) is 2.84. The molecule has 1 aliphatic carbocycles. The van der Waals surface area contributed by atoms with Crippen LogP contribution in [-0.2, 0) is 0 Å². The van der Waals surface area contributed by atoms with E-state index in [-0.39, 0.29) is 5.56 Å². The van der Waals surface area contributed by atoms with E-state index < -0.39 is 5.97 Å². The molecule has 0 radical (unpaired) electrons. The summed E-state index contributed by atoms with van der Waals surface area (Å²) in [5.74, 6) is 1.01. The smallest absolute Gasteiger partial charge is 0.337 e. The molecule has 0 spiro atoms. The molecule has 0 saturated heterocycles. The maximum atomic E-state index is 10.9. The number of pyridine rings is 1. The Labute approximate surface area is 91.7 Å². The molecule has 5 heteroatoms. The molecule has 3 rings (SSSR count). The van der Waals surface area contributed by atoms with Crippen molar-refractivity contribution in [1.82, 2.24) is 14.6 Å². The van der Waals surface area contributed by atoms with E-state index in [0.29, 0.717) is 17.5 Å². The first-order chi connectivity index (χ1) is 7.66. The quantitative estimate of drug-likeness (QED) is 0.828. The molecular weight excluding hydrogens is 206 g/mol. The lowest BCUT2D eigenvalue weighted by Crippen LogP contribution is -2.00. The number of hydrogen-bond acceptors (Lipinski definition) is 3. The molecule has 2 aromatic rings. The minimum Gasteiger partial charge on any atom is -0.478 e. The Morgan fingerprint density at radius 2 is 2.25 bits per heavy atom. The lowest BCUT2D eigenvalue weighted by molar-refractivity contribution is 0.0696. The van der Waals surface area contributed by atoms with Crippen molar-refractivity contribution in [3.63, 3.8) is 0 Å². The zero-order valence-corrected chi connectivity index (χ0v) is 8.79. The molecular formula is C11H11N3O2. The molecule has 5 nitrogen and oxygen atoms in total. The fourth-order valence-electron chi connectivity index (χ4n) is 1.97. The second kappa shape index (κ2) is 3.04. The Hall–Kier alpha value is -1.91. The predicted molar refractivity (Wildman–Crippen MR) is 56.5 cm³/mol. The lowest BCUT2D eigenvalue weighted by Gasteiger charge is -1.99. The van der Waals surface area contributed by atoms with E-state index in [1.165, 1.54) is 0 Å². The van der Waals surface area contributed by atoms with Crippen LogP contribution in [0.15, 0.2) is 18.3 Å². The van der Waals surface area contributed by atoms with Crippen molar-refractivity contribution in [2.45, 2.75) is 19.3 Å². The van der Waals surface area contributed by atoms with Crippen molar-refractivity contribution in [2.75, 3.05) is 0 Å². The van der Waals surface area contributed by atoms with Gasteiger partial charge in [-0.25, -0.2) is 4.79 Å². The standard InChI is InChI=1S/C11H11N3O2/c1-6-4-8(6)10-13-12-9-3-2-7(11(15)16)5-14(9)10/h2-3,5-6,8H,4H2,1H3,(H,15,16). The summed E-state index contributed by atoms with van der Waals surface area (Å²) in [7, 11) is 0. The van der Waals surface area contributed by atoms with Crippen LogP contribution in [-0.4, -0.2) is 25.7 Å². The van der Waals surface area contributed by atoms with Gasteiger partial charge >= 0.3 is 5.97 Å². The molecule has 1 fully saturated rings. The SMILES string of the molecule is CC1CC1c1nnc2ccc(C(=O)O)cn12. The summed E-state index contributed by atoms with van der Waals surface area (Å²) >= 11 is 0. The summed E-state index contributed by atoms with van der Waals surface area (Å²) in [6, 6.07) is 3.24. The van der Waals surface area contributed by atoms with Gasteiger partial charge in [0.05, 0.1) is 5.56 Å². The van der Waals surface area contributed by atoms with Gasteiger partial charge in [0.2, 0.25) is 0 Å². The molecule has 1 saturated carbocycles. The maximum absolute atomic E-state index is 10.9. The Morgan fingerprint density at radius 3 is 2.88 bits per heavy atom. The van der Waals surface area contributed by atoms with Gasteiger partial charge in [-0.3, -0.25) is 4.40 Å². The van der Waals surface area contributed by atoms with E-state index >= 15 is 0 Å². The third-order valence-corrected chi connectivity index (χ3v) is 3.12. The van der Waals surface area contributed by atoms with Crippen LogP contribution in [0.2, 0.25) is 0 Å². The molecule has 82 valence electrons. The third kappa shape index (κ3) is 1.28. The van der Waals surface area contributed by atoms with Gasteiger partial charge in [0.1, 0.15) is 5.82 Å². The van der Waals surface area contributed by atoms with Crippen molar-refractivity contribution in [2.24, 2.45) is 5.92 Å². The third-order valence-electron chi connectivity index (χ3n) is 3.12. The molecule has 0 aliphatic heterocycles. The first kappa shape index (κ1) is 9.33. The average molecular weight is 217 g/mol.